The summed E-state index contributed by atoms with van der Waals surface area (Å²) in [6, 6.07) is 0. The van der Waals surface area contributed by atoms with Crippen molar-refractivity contribution in [3.8, 4) is 0 Å². The fourth-order valence-corrected chi connectivity index (χ4v) is 0.522. The predicted octanol–water partition coefficient (Wildman–Crippen LogP) is -0.798. The molecule has 0 unspecified atom stereocenters. The van der Waals surface area contributed by atoms with Crippen LogP contribution in [0.25, 0.3) is 0 Å². The minimum Gasteiger partial charge on any atom is -0.330 e. The van der Waals surface area contributed by atoms with E-state index in [9.17, 15) is 10.1 Å². The SMILES string of the molecule is NCCCNCC[N+](=O)[O-]. The van der Waals surface area contributed by atoms with Gasteiger partial charge in [0.2, 0.25) is 6.54 Å². The van der Waals surface area contributed by atoms with Crippen LogP contribution in [0.3, 0.4) is 0 Å². The molecule has 5 heteroatoms. The number of nitrogens with zero attached hydrogens (tertiary/aromatic N) is 1. The van der Waals surface area contributed by atoms with Gasteiger partial charge in [-0.3, -0.25) is 10.1 Å². The number of nitro groups is 1. The molecule has 0 bridgehead atoms. The first-order valence-electron chi connectivity index (χ1n) is 3.30. The van der Waals surface area contributed by atoms with Gasteiger partial charge in [0.05, 0.1) is 6.54 Å². The molecule has 10 heavy (non-hydrogen) atoms. The molecule has 60 valence electrons. The number of rotatable bonds is 6. The predicted molar refractivity (Wildman–Crippen MR) is 38.4 cm³/mol. The van der Waals surface area contributed by atoms with Crippen LogP contribution in [-0.4, -0.2) is 31.1 Å². The fourth-order valence-electron chi connectivity index (χ4n) is 0.522. The molecule has 0 rings (SSSR count). The van der Waals surface area contributed by atoms with Crippen molar-refractivity contribution >= 4 is 0 Å². The Kier molecular flexibility index (Phi) is 6.00. The molecule has 0 heterocycles. The van der Waals surface area contributed by atoms with Gasteiger partial charge in [-0.2, -0.15) is 0 Å². The molecule has 0 aromatic carbocycles. The highest BCUT2D eigenvalue weighted by molar-refractivity contribution is 4.45. The highest BCUT2D eigenvalue weighted by Gasteiger charge is 1.93. The normalized spacial score (nSPS) is 9.70. The standard InChI is InChI=1S/C5H13N3O2/c6-2-1-3-7-4-5-8(9)10/h7H,1-6H2. The molecular weight excluding hydrogens is 134 g/mol. The molecule has 0 saturated heterocycles. The Morgan fingerprint density at radius 2 is 2.20 bits per heavy atom. The Labute approximate surface area is 59.7 Å². The van der Waals surface area contributed by atoms with Crippen molar-refractivity contribution in [2.75, 3.05) is 26.2 Å². The molecule has 0 atom stereocenters. The maximum Gasteiger partial charge on any atom is 0.216 e. The molecule has 0 aliphatic heterocycles. The van der Waals surface area contributed by atoms with Crippen molar-refractivity contribution in [1.29, 1.82) is 0 Å². The first-order chi connectivity index (χ1) is 4.77. The molecule has 0 saturated carbocycles. The van der Waals surface area contributed by atoms with E-state index in [1.54, 1.807) is 0 Å². The van der Waals surface area contributed by atoms with Crippen molar-refractivity contribution in [3.05, 3.63) is 10.1 Å². The summed E-state index contributed by atoms with van der Waals surface area (Å²) in [5.41, 5.74) is 5.20. The molecule has 0 aromatic rings. The van der Waals surface area contributed by atoms with E-state index in [0.717, 1.165) is 13.0 Å². The third-order valence-electron chi connectivity index (χ3n) is 1.03. The Morgan fingerprint density at radius 3 is 2.70 bits per heavy atom. The summed E-state index contributed by atoms with van der Waals surface area (Å²) >= 11 is 0. The highest BCUT2D eigenvalue weighted by atomic mass is 16.6. The van der Waals surface area contributed by atoms with Gasteiger partial charge in [0, 0.05) is 4.92 Å². The van der Waals surface area contributed by atoms with E-state index in [1.807, 2.05) is 0 Å². The van der Waals surface area contributed by atoms with Crippen LogP contribution in [0.2, 0.25) is 0 Å². The fraction of sp³-hybridized carbons (Fsp3) is 1.00. The first-order valence-corrected chi connectivity index (χ1v) is 3.30. The van der Waals surface area contributed by atoms with Gasteiger partial charge in [0.1, 0.15) is 0 Å². The second-order valence-corrected chi connectivity index (χ2v) is 1.95. The van der Waals surface area contributed by atoms with E-state index in [-0.39, 0.29) is 11.5 Å². The van der Waals surface area contributed by atoms with Gasteiger partial charge < -0.3 is 11.1 Å². The Balaban J connectivity index is 2.84. The van der Waals surface area contributed by atoms with Gasteiger partial charge in [-0.15, -0.1) is 0 Å². The monoisotopic (exact) mass is 147 g/mol. The molecular formula is C5H13N3O2. The average Bonchev–Trinajstić information content (AvgIpc) is 1.87. The average molecular weight is 147 g/mol. The Bertz CT molecular complexity index is 96.9. The van der Waals surface area contributed by atoms with Crippen molar-refractivity contribution < 1.29 is 4.92 Å². The minimum atomic E-state index is -0.338. The van der Waals surface area contributed by atoms with Gasteiger partial charge in [-0.25, -0.2) is 0 Å². The van der Waals surface area contributed by atoms with Crippen LogP contribution in [-0.2, 0) is 0 Å². The van der Waals surface area contributed by atoms with Gasteiger partial charge in [-0.1, -0.05) is 0 Å². The Morgan fingerprint density at radius 1 is 1.50 bits per heavy atom. The number of nitrogens with two attached hydrogens (primary N) is 1. The van der Waals surface area contributed by atoms with Crippen LogP contribution in [0.4, 0.5) is 0 Å². The van der Waals surface area contributed by atoms with E-state index in [4.69, 9.17) is 5.73 Å². The summed E-state index contributed by atoms with van der Waals surface area (Å²) in [6.45, 7) is 1.83. The lowest BCUT2D eigenvalue weighted by Gasteiger charge is -1.97. The smallest absolute Gasteiger partial charge is 0.216 e. The maximum atomic E-state index is 9.77. The molecule has 0 spiro atoms. The lowest BCUT2D eigenvalue weighted by atomic mass is 10.4. The first kappa shape index (κ1) is 9.32. The zero-order chi connectivity index (χ0) is 7.82. The molecule has 0 fully saturated rings. The van der Waals surface area contributed by atoms with Crippen molar-refractivity contribution in [1.82, 2.24) is 5.32 Å². The second kappa shape index (κ2) is 6.44. The summed E-state index contributed by atoms with van der Waals surface area (Å²) < 4.78 is 0. The number of hydrogen-bond acceptors (Lipinski definition) is 4. The quantitative estimate of drug-likeness (QED) is 0.293. The van der Waals surface area contributed by atoms with Crippen LogP contribution in [0.5, 0.6) is 0 Å². The van der Waals surface area contributed by atoms with Gasteiger partial charge >= 0.3 is 0 Å². The molecule has 0 aliphatic carbocycles. The lowest BCUT2D eigenvalue weighted by molar-refractivity contribution is -0.477. The van der Waals surface area contributed by atoms with E-state index in [2.05, 4.69) is 5.32 Å². The Hall–Kier alpha value is -0.680. The topological polar surface area (TPSA) is 81.2 Å². The lowest BCUT2D eigenvalue weighted by Crippen LogP contribution is -2.24. The summed E-state index contributed by atoms with van der Waals surface area (Å²) in [4.78, 5) is 9.44. The molecule has 0 aromatic heterocycles. The highest BCUT2D eigenvalue weighted by Crippen LogP contribution is 1.70. The maximum absolute atomic E-state index is 9.77. The third kappa shape index (κ3) is 7.32. The summed E-state index contributed by atoms with van der Waals surface area (Å²) in [6.07, 6.45) is 0.873. The number of hydrogen-bond donors (Lipinski definition) is 2. The van der Waals surface area contributed by atoms with E-state index < -0.39 is 0 Å². The van der Waals surface area contributed by atoms with Crippen LogP contribution >= 0.6 is 0 Å². The van der Waals surface area contributed by atoms with Crippen LogP contribution in [0.15, 0.2) is 0 Å². The van der Waals surface area contributed by atoms with Crippen LogP contribution in [0.1, 0.15) is 6.42 Å². The van der Waals surface area contributed by atoms with E-state index in [0.29, 0.717) is 13.1 Å². The third-order valence-corrected chi connectivity index (χ3v) is 1.03. The van der Waals surface area contributed by atoms with E-state index in [1.165, 1.54) is 0 Å². The van der Waals surface area contributed by atoms with Crippen LogP contribution < -0.4 is 11.1 Å². The summed E-state index contributed by atoms with van der Waals surface area (Å²) in [5, 5.41) is 12.7. The summed E-state index contributed by atoms with van der Waals surface area (Å²) in [5.74, 6) is 0. The van der Waals surface area contributed by atoms with E-state index >= 15 is 0 Å². The largest absolute Gasteiger partial charge is 0.330 e. The van der Waals surface area contributed by atoms with Crippen LogP contribution in [0, 0.1) is 10.1 Å². The second-order valence-electron chi connectivity index (χ2n) is 1.95. The van der Waals surface area contributed by atoms with Gasteiger partial charge in [0.15, 0.2) is 0 Å². The molecule has 5 nitrogen and oxygen atoms in total. The molecule has 0 amide bonds. The van der Waals surface area contributed by atoms with Gasteiger partial charge in [-0.05, 0) is 19.5 Å². The number of nitrogens with one attached hydrogen (secondary N) is 1. The van der Waals surface area contributed by atoms with Crippen molar-refractivity contribution in [2.45, 2.75) is 6.42 Å². The van der Waals surface area contributed by atoms with Gasteiger partial charge in [0.25, 0.3) is 0 Å². The molecule has 0 aliphatic rings. The van der Waals surface area contributed by atoms with Crippen molar-refractivity contribution in [2.24, 2.45) is 5.73 Å². The minimum absolute atomic E-state index is 0.00935. The van der Waals surface area contributed by atoms with Crippen molar-refractivity contribution in [3.63, 3.8) is 0 Å². The molecule has 3 N–H and O–H groups in total. The zero-order valence-corrected chi connectivity index (χ0v) is 5.88. The zero-order valence-electron chi connectivity index (χ0n) is 5.88. The molecule has 0 radical (unpaired) electrons. The summed E-state index contributed by atoms with van der Waals surface area (Å²) in [7, 11) is 0.